The Bertz CT molecular complexity index is 567. The van der Waals surface area contributed by atoms with Crippen LogP contribution in [0.5, 0.6) is 0 Å². The highest BCUT2D eigenvalue weighted by atomic mass is 16.5. The molecule has 1 aromatic carbocycles. The Balaban J connectivity index is 1.95. The molecule has 2 amide bonds. The van der Waals surface area contributed by atoms with Crippen molar-refractivity contribution in [2.75, 3.05) is 18.5 Å². The van der Waals surface area contributed by atoms with E-state index in [4.69, 9.17) is 4.74 Å². The predicted molar refractivity (Wildman–Crippen MR) is 86.4 cm³/mol. The molecule has 0 heterocycles. The van der Waals surface area contributed by atoms with Crippen LogP contribution in [0.4, 0.5) is 10.5 Å². The molecule has 22 heavy (non-hydrogen) atoms. The maximum Gasteiger partial charge on any atom is 0.319 e. The first kappa shape index (κ1) is 16.5. The number of hydrogen-bond donors (Lipinski definition) is 2. The Labute approximate surface area is 131 Å². The highest BCUT2D eigenvalue weighted by Crippen LogP contribution is 2.24. The van der Waals surface area contributed by atoms with E-state index in [1.54, 1.807) is 6.07 Å². The third kappa shape index (κ3) is 4.31. The topological polar surface area (TPSA) is 67.4 Å². The second-order valence-corrected chi connectivity index (χ2v) is 6.15. The molecular formula is C17H24N2O3. The summed E-state index contributed by atoms with van der Waals surface area (Å²) >= 11 is 0. The molecule has 0 aliphatic heterocycles. The van der Waals surface area contributed by atoms with Crippen molar-refractivity contribution in [3.05, 3.63) is 29.3 Å². The predicted octanol–water partition coefficient (Wildman–Crippen LogP) is 3.14. The molecule has 0 saturated heterocycles. The Morgan fingerprint density at radius 3 is 2.82 bits per heavy atom. The number of benzene rings is 1. The van der Waals surface area contributed by atoms with Crippen molar-refractivity contribution in [2.45, 2.75) is 45.6 Å². The summed E-state index contributed by atoms with van der Waals surface area (Å²) in [5.41, 5.74) is 2.04. The summed E-state index contributed by atoms with van der Waals surface area (Å²) in [5.74, 6) is 0.155. The monoisotopic (exact) mass is 304 g/mol. The van der Waals surface area contributed by atoms with Crippen LogP contribution in [-0.4, -0.2) is 30.6 Å². The highest BCUT2D eigenvalue weighted by Gasteiger charge is 2.20. The number of urea groups is 1. The number of rotatable bonds is 5. The van der Waals surface area contributed by atoms with Crippen molar-refractivity contribution in [1.82, 2.24) is 5.32 Å². The fraction of sp³-hybridized carbons (Fsp3) is 0.529. The molecule has 5 nitrogen and oxygen atoms in total. The van der Waals surface area contributed by atoms with E-state index in [0.29, 0.717) is 25.3 Å². The van der Waals surface area contributed by atoms with Crippen LogP contribution in [0.1, 0.15) is 49.5 Å². The maximum atomic E-state index is 12.0. The number of carbonyl (C=O) groups is 2. The third-order valence-corrected chi connectivity index (χ3v) is 3.73. The molecule has 1 aliphatic carbocycles. The Kier molecular flexibility index (Phi) is 5.19. The average Bonchev–Trinajstić information content (AvgIpc) is 2.46. The minimum absolute atomic E-state index is 0.155. The van der Waals surface area contributed by atoms with E-state index in [1.807, 2.05) is 32.9 Å². The van der Waals surface area contributed by atoms with E-state index in [2.05, 4.69) is 10.6 Å². The van der Waals surface area contributed by atoms with Gasteiger partial charge in [-0.25, -0.2) is 4.79 Å². The van der Waals surface area contributed by atoms with Gasteiger partial charge >= 0.3 is 6.03 Å². The van der Waals surface area contributed by atoms with Crippen molar-refractivity contribution < 1.29 is 14.3 Å². The van der Waals surface area contributed by atoms with Crippen LogP contribution in [-0.2, 0) is 11.2 Å². The molecule has 120 valence electrons. The molecule has 2 rings (SSSR count). The molecule has 2 N–H and O–H groups in total. The summed E-state index contributed by atoms with van der Waals surface area (Å²) in [6.45, 7) is 6.79. The summed E-state index contributed by atoms with van der Waals surface area (Å²) in [7, 11) is 0. The molecule has 0 saturated carbocycles. The Hall–Kier alpha value is -1.88. The third-order valence-electron chi connectivity index (χ3n) is 3.73. The molecular weight excluding hydrogens is 280 g/mol. The number of nitrogens with one attached hydrogen (secondary N) is 2. The van der Waals surface area contributed by atoms with Crippen LogP contribution >= 0.6 is 0 Å². The minimum Gasteiger partial charge on any atom is -0.374 e. The summed E-state index contributed by atoms with van der Waals surface area (Å²) in [5, 5.41) is 5.56. The van der Waals surface area contributed by atoms with Crippen molar-refractivity contribution in [3.8, 4) is 0 Å². The molecule has 0 bridgehead atoms. The summed E-state index contributed by atoms with van der Waals surface area (Å²) < 4.78 is 5.53. The van der Waals surface area contributed by atoms with Gasteiger partial charge in [-0.3, -0.25) is 4.79 Å². The molecule has 1 aliphatic rings. The van der Waals surface area contributed by atoms with Crippen LogP contribution in [0.2, 0.25) is 0 Å². The number of ketones is 1. The molecule has 5 heteroatoms. The largest absolute Gasteiger partial charge is 0.374 e. The van der Waals surface area contributed by atoms with Gasteiger partial charge in [0.2, 0.25) is 0 Å². The summed E-state index contributed by atoms with van der Waals surface area (Å²) in [4.78, 5) is 23.9. The van der Waals surface area contributed by atoms with Crippen molar-refractivity contribution in [3.63, 3.8) is 0 Å². The van der Waals surface area contributed by atoms with E-state index in [1.165, 1.54) is 0 Å². The van der Waals surface area contributed by atoms with E-state index < -0.39 is 5.60 Å². The van der Waals surface area contributed by atoms with Gasteiger partial charge in [0.25, 0.3) is 0 Å². The first-order valence-electron chi connectivity index (χ1n) is 7.76. The molecule has 1 aromatic rings. The molecule has 0 unspecified atom stereocenters. The van der Waals surface area contributed by atoms with E-state index in [-0.39, 0.29) is 11.8 Å². The zero-order valence-electron chi connectivity index (χ0n) is 13.5. The summed E-state index contributed by atoms with van der Waals surface area (Å²) in [6, 6.07) is 5.23. The normalized spacial score (nSPS) is 14.4. The highest BCUT2D eigenvalue weighted by molar-refractivity contribution is 6.00. The fourth-order valence-corrected chi connectivity index (χ4v) is 2.62. The van der Waals surface area contributed by atoms with Gasteiger partial charge in [0.1, 0.15) is 0 Å². The van der Waals surface area contributed by atoms with Gasteiger partial charge in [-0.15, -0.1) is 0 Å². The lowest BCUT2D eigenvalue weighted by atomic mass is 9.90. The number of fused-ring (bicyclic) bond motifs is 1. The lowest BCUT2D eigenvalue weighted by molar-refractivity contribution is -0.00662. The van der Waals surface area contributed by atoms with Gasteiger partial charge in [-0.2, -0.15) is 0 Å². The number of aryl methyl sites for hydroxylation is 1. The van der Waals surface area contributed by atoms with E-state index in [9.17, 15) is 9.59 Å². The van der Waals surface area contributed by atoms with Gasteiger partial charge in [0.15, 0.2) is 5.78 Å². The number of Topliss-reactive ketones (excluding diaryl/α,β-unsaturated/α-hetero) is 1. The second-order valence-electron chi connectivity index (χ2n) is 6.15. The fourth-order valence-electron chi connectivity index (χ4n) is 2.62. The van der Waals surface area contributed by atoms with Gasteiger partial charge < -0.3 is 15.4 Å². The first-order valence-corrected chi connectivity index (χ1v) is 7.76. The minimum atomic E-state index is -0.405. The molecule has 0 fully saturated rings. The number of anilines is 1. The zero-order chi connectivity index (χ0) is 16.2. The second kappa shape index (κ2) is 6.92. The molecule has 0 radical (unpaired) electrons. The molecule has 0 aromatic heterocycles. The van der Waals surface area contributed by atoms with Crippen LogP contribution < -0.4 is 10.6 Å². The lowest BCUT2D eigenvalue weighted by Crippen LogP contribution is -2.42. The van der Waals surface area contributed by atoms with Crippen LogP contribution in [0, 0.1) is 0 Å². The number of hydrogen-bond acceptors (Lipinski definition) is 3. The number of carbonyl (C=O) groups excluding carboxylic acids is 2. The van der Waals surface area contributed by atoms with Gasteiger partial charge in [-0.05, 0) is 51.3 Å². The van der Waals surface area contributed by atoms with Gasteiger partial charge in [0.05, 0.1) is 5.60 Å². The SMILES string of the molecule is CCOC(C)(C)CNC(=O)Nc1ccc2c(c1)C(=O)CCC2. The van der Waals surface area contributed by atoms with Crippen LogP contribution in [0.15, 0.2) is 18.2 Å². The van der Waals surface area contributed by atoms with Crippen molar-refractivity contribution in [2.24, 2.45) is 0 Å². The summed E-state index contributed by atoms with van der Waals surface area (Å²) in [6.07, 6.45) is 2.42. The van der Waals surface area contributed by atoms with Crippen LogP contribution in [0.25, 0.3) is 0 Å². The van der Waals surface area contributed by atoms with E-state index in [0.717, 1.165) is 24.0 Å². The molecule has 0 spiro atoms. The molecule has 0 atom stereocenters. The van der Waals surface area contributed by atoms with Crippen molar-refractivity contribution in [1.29, 1.82) is 0 Å². The van der Waals surface area contributed by atoms with Crippen molar-refractivity contribution >= 4 is 17.5 Å². The number of ether oxygens (including phenoxy) is 1. The zero-order valence-corrected chi connectivity index (χ0v) is 13.5. The quantitative estimate of drug-likeness (QED) is 0.878. The Morgan fingerprint density at radius 1 is 1.32 bits per heavy atom. The van der Waals surface area contributed by atoms with Gasteiger partial charge in [-0.1, -0.05) is 6.07 Å². The van der Waals surface area contributed by atoms with Gasteiger partial charge in [0, 0.05) is 30.8 Å². The lowest BCUT2D eigenvalue weighted by Gasteiger charge is -2.25. The smallest absolute Gasteiger partial charge is 0.319 e. The number of amides is 2. The standard InChI is InChI=1S/C17H24N2O3/c1-4-22-17(2,3)11-18-16(21)19-13-9-8-12-6-5-7-15(20)14(12)10-13/h8-10H,4-7,11H2,1-3H3,(H2,18,19,21). The first-order chi connectivity index (χ1) is 10.4. The average molecular weight is 304 g/mol. The van der Waals surface area contributed by atoms with Crippen LogP contribution in [0.3, 0.4) is 0 Å². The Morgan fingerprint density at radius 2 is 2.09 bits per heavy atom. The van der Waals surface area contributed by atoms with E-state index >= 15 is 0 Å². The maximum absolute atomic E-state index is 12.0.